The number of thioether (sulfide) groups is 1. The minimum atomic E-state index is -0.102. The number of amidine groups is 1. The SMILES string of the molecule is CN=C1S/C(=C/c2ccc(-c3cccc(Cl)c3Cl)o2)C(=O)N1C. The summed E-state index contributed by atoms with van der Waals surface area (Å²) in [6.07, 6.45) is 1.70. The average molecular weight is 367 g/mol. The summed E-state index contributed by atoms with van der Waals surface area (Å²) in [4.78, 5) is 18.3. The van der Waals surface area contributed by atoms with Gasteiger partial charge in [0.05, 0.1) is 15.0 Å². The smallest absolute Gasteiger partial charge is 0.266 e. The predicted molar refractivity (Wildman–Crippen MR) is 95.9 cm³/mol. The molecular formula is C16H12Cl2N2O2S. The van der Waals surface area contributed by atoms with Crippen molar-refractivity contribution in [2.45, 2.75) is 0 Å². The minimum absolute atomic E-state index is 0.102. The van der Waals surface area contributed by atoms with E-state index in [4.69, 9.17) is 27.6 Å². The first-order chi connectivity index (χ1) is 11.0. The first kappa shape index (κ1) is 16.2. The molecule has 1 aromatic heterocycles. The lowest BCUT2D eigenvalue weighted by Crippen LogP contribution is -2.23. The zero-order valence-electron chi connectivity index (χ0n) is 12.3. The Morgan fingerprint density at radius 1 is 1.26 bits per heavy atom. The van der Waals surface area contributed by atoms with Crippen LogP contribution in [0.5, 0.6) is 0 Å². The topological polar surface area (TPSA) is 45.8 Å². The molecule has 0 radical (unpaired) electrons. The van der Waals surface area contributed by atoms with Crippen LogP contribution in [0.1, 0.15) is 5.76 Å². The first-order valence-corrected chi connectivity index (χ1v) is 8.27. The standard InChI is InChI=1S/C16H12Cl2N2O2S/c1-19-16-20(2)15(21)13(23-16)8-9-6-7-12(22-9)10-4-3-5-11(17)14(10)18/h3-8H,1-2H3/b13-8+,19-16?. The van der Waals surface area contributed by atoms with Gasteiger partial charge in [-0.05, 0) is 36.0 Å². The van der Waals surface area contributed by atoms with Crippen LogP contribution >= 0.6 is 35.0 Å². The number of rotatable bonds is 2. The van der Waals surface area contributed by atoms with Crippen LogP contribution in [0.3, 0.4) is 0 Å². The van der Waals surface area contributed by atoms with Gasteiger partial charge in [-0.1, -0.05) is 29.3 Å². The molecule has 1 fully saturated rings. The van der Waals surface area contributed by atoms with E-state index in [9.17, 15) is 4.79 Å². The highest BCUT2D eigenvalue weighted by atomic mass is 35.5. The molecule has 0 N–H and O–H groups in total. The number of aliphatic imine (C=N–C) groups is 1. The molecule has 1 aliphatic heterocycles. The number of likely N-dealkylation sites (N-methyl/N-ethyl adjacent to an activating group) is 1. The Labute approximate surface area is 147 Å². The van der Waals surface area contributed by atoms with Crippen LogP contribution in [-0.2, 0) is 4.79 Å². The van der Waals surface area contributed by atoms with Gasteiger partial charge in [-0.15, -0.1) is 0 Å². The third-order valence-electron chi connectivity index (χ3n) is 3.31. The molecule has 7 heteroatoms. The Bertz CT molecular complexity index is 842. The lowest BCUT2D eigenvalue weighted by molar-refractivity contribution is -0.121. The molecule has 3 rings (SSSR count). The maximum absolute atomic E-state index is 12.1. The molecule has 1 amide bonds. The molecule has 1 aromatic carbocycles. The molecule has 1 aliphatic rings. The van der Waals surface area contributed by atoms with Crippen molar-refractivity contribution in [1.82, 2.24) is 4.90 Å². The van der Waals surface area contributed by atoms with Crippen molar-refractivity contribution in [1.29, 1.82) is 0 Å². The number of carbonyl (C=O) groups is 1. The third kappa shape index (κ3) is 3.04. The van der Waals surface area contributed by atoms with Crippen LogP contribution in [0.15, 0.2) is 44.6 Å². The highest BCUT2D eigenvalue weighted by Crippen LogP contribution is 2.36. The maximum Gasteiger partial charge on any atom is 0.266 e. The highest BCUT2D eigenvalue weighted by molar-refractivity contribution is 8.18. The Morgan fingerprint density at radius 2 is 2.04 bits per heavy atom. The van der Waals surface area contributed by atoms with Crippen LogP contribution in [-0.4, -0.2) is 30.1 Å². The molecule has 4 nitrogen and oxygen atoms in total. The fraction of sp³-hybridized carbons (Fsp3) is 0.125. The van der Waals surface area contributed by atoms with Crippen LogP contribution in [0.4, 0.5) is 0 Å². The monoisotopic (exact) mass is 366 g/mol. The van der Waals surface area contributed by atoms with E-state index in [2.05, 4.69) is 4.99 Å². The van der Waals surface area contributed by atoms with E-state index in [0.29, 0.717) is 37.2 Å². The predicted octanol–water partition coefficient (Wildman–Crippen LogP) is 4.79. The van der Waals surface area contributed by atoms with Crippen molar-refractivity contribution in [2.75, 3.05) is 14.1 Å². The van der Waals surface area contributed by atoms with Crippen molar-refractivity contribution >= 4 is 52.1 Å². The van der Waals surface area contributed by atoms with Crippen LogP contribution < -0.4 is 0 Å². The molecular weight excluding hydrogens is 355 g/mol. The van der Waals surface area contributed by atoms with E-state index in [1.54, 1.807) is 44.4 Å². The molecule has 2 aromatic rings. The summed E-state index contributed by atoms with van der Waals surface area (Å²) in [6.45, 7) is 0. The molecule has 1 saturated heterocycles. The van der Waals surface area contributed by atoms with Gasteiger partial charge in [0.1, 0.15) is 11.5 Å². The Hall–Kier alpha value is -1.69. The summed E-state index contributed by atoms with van der Waals surface area (Å²) in [6, 6.07) is 8.93. The van der Waals surface area contributed by atoms with Crippen LogP contribution in [0, 0.1) is 0 Å². The summed E-state index contributed by atoms with van der Waals surface area (Å²) in [7, 11) is 3.35. The second-order valence-corrected chi connectivity index (χ2v) is 6.58. The van der Waals surface area contributed by atoms with E-state index >= 15 is 0 Å². The van der Waals surface area contributed by atoms with Crippen molar-refractivity contribution < 1.29 is 9.21 Å². The zero-order valence-corrected chi connectivity index (χ0v) is 14.7. The summed E-state index contributed by atoms with van der Waals surface area (Å²) in [5.41, 5.74) is 0.710. The molecule has 0 saturated carbocycles. The maximum atomic E-state index is 12.1. The van der Waals surface area contributed by atoms with Crippen molar-refractivity contribution in [3.63, 3.8) is 0 Å². The lowest BCUT2D eigenvalue weighted by Gasteiger charge is -2.04. The van der Waals surface area contributed by atoms with Gasteiger partial charge in [-0.3, -0.25) is 14.7 Å². The molecule has 0 atom stereocenters. The molecule has 23 heavy (non-hydrogen) atoms. The Morgan fingerprint density at radius 3 is 2.74 bits per heavy atom. The van der Waals surface area contributed by atoms with Crippen molar-refractivity contribution in [3.05, 3.63) is 51.0 Å². The quantitative estimate of drug-likeness (QED) is 0.718. The summed E-state index contributed by atoms with van der Waals surface area (Å²) < 4.78 is 5.78. The van der Waals surface area contributed by atoms with Gasteiger partial charge in [0.15, 0.2) is 5.17 Å². The summed E-state index contributed by atoms with van der Waals surface area (Å²) >= 11 is 13.5. The van der Waals surface area contributed by atoms with Gasteiger partial charge in [0, 0.05) is 25.7 Å². The fourth-order valence-corrected chi connectivity index (χ4v) is 3.45. The number of hydrogen-bond donors (Lipinski definition) is 0. The van der Waals surface area contributed by atoms with Crippen LogP contribution in [0.2, 0.25) is 10.0 Å². The second-order valence-electron chi connectivity index (χ2n) is 4.78. The molecule has 0 aliphatic carbocycles. The number of benzene rings is 1. The third-order valence-corrected chi connectivity index (χ3v) is 5.28. The van der Waals surface area contributed by atoms with Crippen LogP contribution in [0.25, 0.3) is 17.4 Å². The van der Waals surface area contributed by atoms with E-state index in [1.165, 1.54) is 16.7 Å². The van der Waals surface area contributed by atoms with Gasteiger partial charge >= 0.3 is 0 Å². The Kier molecular flexibility index (Phi) is 4.53. The fourth-order valence-electron chi connectivity index (χ4n) is 2.15. The summed E-state index contributed by atoms with van der Waals surface area (Å²) in [5.74, 6) is 1.06. The number of amides is 1. The molecule has 0 bridgehead atoms. The van der Waals surface area contributed by atoms with E-state index in [-0.39, 0.29) is 5.91 Å². The van der Waals surface area contributed by atoms with Gasteiger partial charge < -0.3 is 4.42 Å². The number of carbonyl (C=O) groups excluding carboxylic acids is 1. The molecule has 0 spiro atoms. The van der Waals surface area contributed by atoms with E-state index < -0.39 is 0 Å². The van der Waals surface area contributed by atoms with E-state index in [1.807, 2.05) is 6.07 Å². The first-order valence-electron chi connectivity index (χ1n) is 6.70. The average Bonchev–Trinajstić information content (AvgIpc) is 3.10. The zero-order chi connectivity index (χ0) is 16.6. The highest BCUT2D eigenvalue weighted by Gasteiger charge is 2.30. The lowest BCUT2D eigenvalue weighted by atomic mass is 10.2. The van der Waals surface area contributed by atoms with E-state index in [0.717, 1.165) is 0 Å². The Balaban J connectivity index is 1.93. The molecule has 2 heterocycles. The van der Waals surface area contributed by atoms with Crippen molar-refractivity contribution in [2.24, 2.45) is 4.99 Å². The number of nitrogens with zero attached hydrogens (tertiary/aromatic N) is 2. The number of halogens is 2. The van der Waals surface area contributed by atoms with Gasteiger partial charge in [0.25, 0.3) is 5.91 Å². The van der Waals surface area contributed by atoms with Gasteiger partial charge in [0.2, 0.25) is 0 Å². The number of hydrogen-bond acceptors (Lipinski definition) is 4. The van der Waals surface area contributed by atoms with Crippen molar-refractivity contribution in [3.8, 4) is 11.3 Å². The molecule has 0 unspecified atom stereocenters. The second kappa shape index (κ2) is 6.43. The normalized spacial score (nSPS) is 18.4. The van der Waals surface area contributed by atoms with Gasteiger partial charge in [-0.25, -0.2) is 0 Å². The largest absolute Gasteiger partial charge is 0.457 e. The van der Waals surface area contributed by atoms with Gasteiger partial charge in [-0.2, -0.15) is 0 Å². The summed E-state index contributed by atoms with van der Waals surface area (Å²) in [5, 5.41) is 1.56. The minimum Gasteiger partial charge on any atom is -0.457 e. The molecule has 118 valence electrons. The number of furan rings is 1.